The van der Waals surface area contributed by atoms with Gasteiger partial charge in [0, 0.05) is 27.1 Å². The highest BCUT2D eigenvalue weighted by Crippen LogP contribution is 2.01. The number of nitrogens with zero attached hydrogens (tertiary/aromatic N) is 1. The van der Waals surface area contributed by atoms with Crippen LogP contribution in [0.5, 0.6) is 0 Å². The van der Waals surface area contributed by atoms with E-state index < -0.39 is 0 Å². The third-order valence-electron chi connectivity index (χ3n) is 1.33. The van der Waals surface area contributed by atoms with Crippen LogP contribution in [-0.2, 0) is 4.79 Å². The lowest BCUT2D eigenvalue weighted by Crippen LogP contribution is -2.24. The number of hydrogen-bond acceptors (Lipinski definition) is 2. The average Bonchev–Trinajstić information content (AvgIpc) is 1.87. The van der Waals surface area contributed by atoms with Crippen LogP contribution in [0.1, 0.15) is 13.3 Å². The zero-order chi connectivity index (χ0) is 8.15. The molecule has 0 aromatic carbocycles. The summed E-state index contributed by atoms with van der Waals surface area (Å²) in [6.45, 7) is 1.93. The molecular formula is C7H15NO2. The molecule has 60 valence electrons. The molecule has 10 heavy (non-hydrogen) atoms. The second-order valence-corrected chi connectivity index (χ2v) is 2.78. The largest absolute Gasteiger partial charge is 0.396 e. The van der Waals surface area contributed by atoms with Crippen LogP contribution in [0.15, 0.2) is 0 Å². The normalized spacial score (nSPS) is 12.8. The molecule has 1 amide bonds. The summed E-state index contributed by atoms with van der Waals surface area (Å²) in [6, 6.07) is 0. The maximum absolute atomic E-state index is 10.9. The van der Waals surface area contributed by atoms with E-state index in [1.807, 2.05) is 6.92 Å². The minimum atomic E-state index is 0.0709. The van der Waals surface area contributed by atoms with Crippen molar-refractivity contribution in [2.45, 2.75) is 13.3 Å². The summed E-state index contributed by atoms with van der Waals surface area (Å²) in [5.41, 5.74) is 0. The van der Waals surface area contributed by atoms with E-state index in [4.69, 9.17) is 5.11 Å². The number of carbonyl (C=O) groups excluding carboxylic acids is 1. The number of amides is 1. The molecule has 0 radical (unpaired) electrons. The highest BCUT2D eigenvalue weighted by Gasteiger charge is 2.08. The van der Waals surface area contributed by atoms with Gasteiger partial charge in [-0.05, 0) is 5.92 Å². The van der Waals surface area contributed by atoms with Crippen molar-refractivity contribution >= 4 is 5.91 Å². The fourth-order valence-electron chi connectivity index (χ4n) is 0.545. The smallest absolute Gasteiger partial charge is 0.222 e. The van der Waals surface area contributed by atoms with Crippen molar-refractivity contribution in [3.63, 3.8) is 0 Å². The number of carbonyl (C=O) groups is 1. The van der Waals surface area contributed by atoms with Crippen molar-refractivity contribution < 1.29 is 9.90 Å². The van der Waals surface area contributed by atoms with Crippen molar-refractivity contribution in [2.75, 3.05) is 20.7 Å². The van der Waals surface area contributed by atoms with Crippen LogP contribution in [0.25, 0.3) is 0 Å². The molecule has 3 nitrogen and oxygen atoms in total. The summed E-state index contributed by atoms with van der Waals surface area (Å²) in [5, 5.41) is 8.59. The third kappa shape index (κ3) is 3.45. The third-order valence-corrected chi connectivity index (χ3v) is 1.33. The van der Waals surface area contributed by atoms with E-state index in [1.54, 1.807) is 14.1 Å². The monoisotopic (exact) mass is 145 g/mol. The fourth-order valence-corrected chi connectivity index (χ4v) is 0.545. The Hall–Kier alpha value is -0.570. The van der Waals surface area contributed by atoms with Crippen LogP contribution in [0.2, 0.25) is 0 Å². The lowest BCUT2D eigenvalue weighted by Gasteiger charge is -2.12. The van der Waals surface area contributed by atoms with E-state index in [9.17, 15) is 4.79 Å². The molecule has 0 fully saturated rings. The topological polar surface area (TPSA) is 40.5 Å². The second-order valence-electron chi connectivity index (χ2n) is 2.78. The van der Waals surface area contributed by atoms with Gasteiger partial charge < -0.3 is 10.0 Å². The standard InChI is InChI=1S/C7H15NO2/c1-6(5-9)4-7(10)8(2)3/h6,9H,4-5H2,1-3H3/t6-/m1/s1. The number of aliphatic hydroxyl groups is 1. The van der Waals surface area contributed by atoms with Gasteiger partial charge >= 0.3 is 0 Å². The van der Waals surface area contributed by atoms with Gasteiger partial charge in [0.25, 0.3) is 0 Å². The Morgan fingerprint density at radius 2 is 2.10 bits per heavy atom. The van der Waals surface area contributed by atoms with Gasteiger partial charge in [0.15, 0.2) is 0 Å². The van der Waals surface area contributed by atoms with Gasteiger partial charge in [-0.15, -0.1) is 0 Å². The molecule has 0 aliphatic carbocycles. The van der Waals surface area contributed by atoms with Crippen LogP contribution in [0, 0.1) is 5.92 Å². The molecule has 0 aromatic rings. The van der Waals surface area contributed by atoms with Crippen molar-refractivity contribution in [3.05, 3.63) is 0 Å². The first-order valence-electron chi connectivity index (χ1n) is 3.39. The summed E-state index contributed by atoms with van der Waals surface area (Å²) in [7, 11) is 3.43. The van der Waals surface area contributed by atoms with E-state index in [0.717, 1.165) is 0 Å². The Kier molecular flexibility index (Phi) is 4.03. The molecular weight excluding hydrogens is 130 g/mol. The van der Waals surface area contributed by atoms with E-state index in [1.165, 1.54) is 4.90 Å². The van der Waals surface area contributed by atoms with Crippen LogP contribution in [-0.4, -0.2) is 36.6 Å². The second kappa shape index (κ2) is 4.28. The first-order valence-corrected chi connectivity index (χ1v) is 3.39. The summed E-state index contributed by atoms with van der Waals surface area (Å²) in [5.74, 6) is 0.149. The van der Waals surface area contributed by atoms with Gasteiger partial charge in [0.1, 0.15) is 0 Å². The van der Waals surface area contributed by atoms with Crippen LogP contribution in [0.3, 0.4) is 0 Å². The predicted molar refractivity (Wildman–Crippen MR) is 39.6 cm³/mol. The van der Waals surface area contributed by atoms with Gasteiger partial charge in [0.05, 0.1) is 0 Å². The molecule has 1 N–H and O–H groups in total. The van der Waals surface area contributed by atoms with Crippen molar-refractivity contribution in [2.24, 2.45) is 5.92 Å². The Morgan fingerprint density at radius 1 is 1.60 bits per heavy atom. The number of hydrogen-bond donors (Lipinski definition) is 1. The Morgan fingerprint density at radius 3 is 2.40 bits per heavy atom. The lowest BCUT2D eigenvalue weighted by molar-refractivity contribution is -0.129. The van der Waals surface area contributed by atoms with Crippen molar-refractivity contribution in [1.82, 2.24) is 4.90 Å². The molecule has 0 spiro atoms. The summed E-state index contributed by atoms with van der Waals surface area (Å²) in [4.78, 5) is 12.5. The first kappa shape index (κ1) is 9.43. The van der Waals surface area contributed by atoms with Crippen LogP contribution in [0.4, 0.5) is 0 Å². The zero-order valence-electron chi connectivity index (χ0n) is 6.79. The molecule has 0 aliphatic heterocycles. The quantitative estimate of drug-likeness (QED) is 0.611. The van der Waals surface area contributed by atoms with E-state index in [-0.39, 0.29) is 18.4 Å². The molecule has 0 aliphatic rings. The fraction of sp³-hybridized carbons (Fsp3) is 0.857. The van der Waals surface area contributed by atoms with E-state index in [0.29, 0.717) is 6.42 Å². The Balaban J connectivity index is 3.57. The molecule has 0 aromatic heterocycles. The van der Waals surface area contributed by atoms with Crippen molar-refractivity contribution in [3.8, 4) is 0 Å². The summed E-state index contributed by atoms with van der Waals surface area (Å²) < 4.78 is 0. The van der Waals surface area contributed by atoms with Gasteiger partial charge in [0.2, 0.25) is 5.91 Å². The van der Waals surface area contributed by atoms with Crippen LogP contribution >= 0.6 is 0 Å². The molecule has 0 heterocycles. The molecule has 0 bridgehead atoms. The van der Waals surface area contributed by atoms with E-state index >= 15 is 0 Å². The van der Waals surface area contributed by atoms with Gasteiger partial charge in [-0.2, -0.15) is 0 Å². The maximum atomic E-state index is 10.9. The van der Waals surface area contributed by atoms with Crippen LogP contribution < -0.4 is 0 Å². The first-order chi connectivity index (χ1) is 4.57. The molecule has 0 unspecified atom stereocenters. The summed E-state index contributed by atoms with van der Waals surface area (Å²) >= 11 is 0. The molecule has 3 heteroatoms. The van der Waals surface area contributed by atoms with Crippen molar-refractivity contribution in [1.29, 1.82) is 0 Å². The molecule has 0 saturated heterocycles. The minimum Gasteiger partial charge on any atom is -0.396 e. The highest BCUT2D eigenvalue weighted by atomic mass is 16.3. The van der Waals surface area contributed by atoms with E-state index in [2.05, 4.69) is 0 Å². The number of rotatable bonds is 3. The van der Waals surface area contributed by atoms with Gasteiger partial charge in [-0.25, -0.2) is 0 Å². The lowest BCUT2D eigenvalue weighted by atomic mass is 10.1. The SMILES string of the molecule is C[C@@H](CO)CC(=O)N(C)C. The zero-order valence-corrected chi connectivity index (χ0v) is 6.79. The highest BCUT2D eigenvalue weighted by molar-refractivity contribution is 5.75. The van der Waals surface area contributed by atoms with Gasteiger partial charge in [-0.1, -0.05) is 6.92 Å². The summed E-state index contributed by atoms with van der Waals surface area (Å²) in [6.07, 6.45) is 0.434. The number of aliphatic hydroxyl groups excluding tert-OH is 1. The Labute approximate surface area is 61.6 Å². The average molecular weight is 145 g/mol. The Bertz CT molecular complexity index is 112. The van der Waals surface area contributed by atoms with Gasteiger partial charge in [-0.3, -0.25) is 4.79 Å². The maximum Gasteiger partial charge on any atom is 0.222 e. The predicted octanol–water partition coefficient (Wildman–Crippen LogP) is 0.0931. The molecule has 0 saturated carbocycles. The molecule has 1 atom stereocenters. The molecule has 0 rings (SSSR count). The minimum absolute atomic E-state index is 0.0709.